The third-order valence-electron chi connectivity index (χ3n) is 12.2. The zero-order valence-corrected chi connectivity index (χ0v) is 31.5. The van der Waals surface area contributed by atoms with Gasteiger partial charge in [0.1, 0.15) is 11.2 Å². The van der Waals surface area contributed by atoms with Crippen LogP contribution in [0.5, 0.6) is 0 Å². The van der Waals surface area contributed by atoms with Gasteiger partial charge < -0.3 is 9.32 Å². The topological polar surface area (TPSA) is 16.4 Å². The number of anilines is 3. The summed E-state index contributed by atoms with van der Waals surface area (Å²) < 4.78 is 8.98. The summed E-state index contributed by atoms with van der Waals surface area (Å²) in [5.74, 6) is 0. The first-order chi connectivity index (χ1) is 28.2. The molecule has 0 atom stereocenters. The van der Waals surface area contributed by atoms with Gasteiger partial charge in [0, 0.05) is 48.0 Å². The Morgan fingerprint density at radius 2 is 0.667 bits per heavy atom. The van der Waals surface area contributed by atoms with Crippen molar-refractivity contribution < 1.29 is 4.42 Å². The van der Waals surface area contributed by atoms with E-state index in [1.165, 1.54) is 84.8 Å². The van der Waals surface area contributed by atoms with E-state index in [9.17, 15) is 0 Å². The molecule has 11 aromatic carbocycles. The predicted octanol–water partition coefficient (Wildman–Crippen LogP) is 16.3. The highest BCUT2D eigenvalue weighted by atomic mass is 32.1. The molecule has 2 heterocycles. The number of furan rings is 1. The Morgan fingerprint density at radius 1 is 0.263 bits per heavy atom. The summed E-state index contributed by atoms with van der Waals surface area (Å²) in [4.78, 5) is 2.43. The SMILES string of the molecule is c1ccc2c(c1)oc1ccc(N(c3ccc4c5ccccc5c5ccccc5c4c3)c3ccc4c(c3)c3ccccc3c3cc5sc6ccccc6c5cc43)cc12. The van der Waals surface area contributed by atoms with Crippen LogP contribution in [0.4, 0.5) is 17.1 Å². The van der Waals surface area contributed by atoms with E-state index in [0.29, 0.717) is 0 Å². The standard InChI is InChI=1S/C54H31NOS/c1-2-13-37-35(11-1)36-12-3-4-14-38(36)45-27-32(21-24-41(37)45)55(34-23-26-52-49(29-34)43-17-7-9-19-51(43)56-52)33-22-25-42-46(28-33)39-15-5-6-16-40(39)48-31-54-50(30-47(42)48)44-18-8-10-20-53(44)57-54/h1-31H. The molecule has 0 radical (unpaired) electrons. The van der Waals surface area contributed by atoms with E-state index in [-0.39, 0.29) is 0 Å². The van der Waals surface area contributed by atoms with Crippen molar-refractivity contribution in [1.29, 1.82) is 0 Å². The van der Waals surface area contributed by atoms with Gasteiger partial charge in [-0.3, -0.25) is 0 Å². The molecule has 0 aliphatic heterocycles. The highest BCUT2D eigenvalue weighted by molar-refractivity contribution is 7.25. The maximum Gasteiger partial charge on any atom is 0.135 e. The Morgan fingerprint density at radius 3 is 1.28 bits per heavy atom. The number of rotatable bonds is 3. The molecule has 0 aliphatic carbocycles. The Hall–Kier alpha value is -7.20. The predicted molar refractivity (Wildman–Crippen MR) is 246 cm³/mol. The quantitative estimate of drug-likeness (QED) is 0.168. The molecule has 0 spiro atoms. The second kappa shape index (κ2) is 11.7. The zero-order valence-electron chi connectivity index (χ0n) is 30.7. The summed E-state index contributed by atoms with van der Waals surface area (Å²) in [6, 6.07) is 69.2. The van der Waals surface area contributed by atoms with Gasteiger partial charge in [-0.15, -0.1) is 11.3 Å². The fourth-order valence-electron chi connectivity index (χ4n) is 9.63. The minimum absolute atomic E-state index is 0.888. The first-order valence-corrected chi connectivity index (χ1v) is 20.3. The first kappa shape index (κ1) is 31.1. The van der Waals surface area contributed by atoms with Gasteiger partial charge in [0.05, 0.1) is 0 Å². The largest absolute Gasteiger partial charge is 0.456 e. The van der Waals surface area contributed by atoms with Gasteiger partial charge in [-0.25, -0.2) is 0 Å². The van der Waals surface area contributed by atoms with Gasteiger partial charge in [0.2, 0.25) is 0 Å². The van der Waals surface area contributed by atoms with Crippen LogP contribution in [0.1, 0.15) is 0 Å². The van der Waals surface area contributed by atoms with E-state index >= 15 is 0 Å². The van der Waals surface area contributed by atoms with E-state index in [4.69, 9.17) is 4.42 Å². The highest BCUT2D eigenvalue weighted by Gasteiger charge is 2.20. The molecule has 264 valence electrons. The summed E-state index contributed by atoms with van der Waals surface area (Å²) in [6.07, 6.45) is 0. The maximum absolute atomic E-state index is 6.33. The Labute approximate surface area is 331 Å². The van der Waals surface area contributed by atoms with Crippen LogP contribution in [-0.2, 0) is 0 Å². The van der Waals surface area contributed by atoms with Crippen LogP contribution in [0.2, 0.25) is 0 Å². The van der Waals surface area contributed by atoms with Crippen LogP contribution < -0.4 is 4.90 Å². The van der Waals surface area contributed by atoms with Crippen molar-refractivity contribution in [3.8, 4) is 0 Å². The monoisotopic (exact) mass is 741 g/mol. The molecule has 0 saturated heterocycles. The molecule has 3 heteroatoms. The second-order valence-electron chi connectivity index (χ2n) is 15.2. The summed E-state index contributed by atoms with van der Waals surface area (Å²) >= 11 is 1.88. The number of benzene rings is 11. The maximum atomic E-state index is 6.33. The first-order valence-electron chi connectivity index (χ1n) is 19.5. The van der Waals surface area contributed by atoms with Crippen molar-refractivity contribution in [2.45, 2.75) is 0 Å². The van der Waals surface area contributed by atoms with Gasteiger partial charge in [0.25, 0.3) is 0 Å². The average Bonchev–Trinajstić information content (AvgIpc) is 3.84. The molecule has 0 amide bonds. The third kappa shape index (κ3) is 4.46. The summed E-state index contributed by atoms with van der Waals surface area (Å²) in [6.45, 7) is 0. The molecule has 0 saturated carbocycles. The van der Waals surface area contributed by atoms with Gasteiger partial charge in [-0.2, -0.15) is 0 Å². The molecule has 0 bridgehead atoms. The molecule has 0 unspecified atom stereocenters. The minimum atomic E-state index is 0.888. The molecular formula is C54H31NOS. The Kier molecular flexibility index (Phi) is 6.35. The summed E-state index contributed by atoms with van der Waals surface area (Å²) in [5, 5.41) is 20.1. The molecule has 0 fully saturated rings. The van der Waals surface area contributed by atoms with E-state index in [1.807, 2.05) is 17.4 Å². The van der Waals surface area contributed by atoms with Crippen molar-refractivity contribution in [2.24, 2.45) is 0 Å². The van der Waals surface area contributed by atoms with Crippen molar-refractivity contribution in [3.63, 3.8) is 0 Å². The van der Waals surface area contributed by atoms with Gasteiger partial charge >= 0.3 is 0 Å². The van der Waals surface area contributed by atoms with Crippen molar-refractivity contribution in [2.75, 3.05) is 4.90 Å². The average molecular weight is 742 g/mol. The van der Waals surface area contributed by atoms with Crippen LogP contribution >= 0.6 is 11.3 Å². The molecule has 2 nitrogen and oxygen atoms in total. The normalized spacial score (nSPS) is 12.2. The fourth-order valence-corrected chi connectivity index (χ4v) is 10.8. The highest BCUT2D eigenvalue weighted by Crippen LogP contribution is 2.46. The number of para-hydroxylation sites is 1. The minimum Gasteiger partial charge on any atom is -0.456 e. The summed E-state index contributed by atoms with van der Waals surface area (Å²) in [5.41, 5.74) is 5.07. The van der Waals surface area contributed by atoms with Crippen molar-refractivity contribution >= 4 is 135 Å². The van der Waals surface area contributed by atoms with Crippen LogP contribution in [-0.4, -0.2) is 0 Å². The number of fused-ring (bicyclic) bond motifs is 18. The molecule has 57 heavy (non-hydrogen) atoms. The molecular weight excluding hydrogens is 711 g/mol. The lowest BCUT2D eigenvalue weighted by Crippen LogP contribution is -2.10. The van der Waals surface area contributed by atoms with E-state index < -0.39 is 0 Å². The number of hydrogen-bond donors (Lipinski definition) is 0. The van der Waals surface area contributed by atoms with Gasteiger partial charge in [-0.05, 0) is 131 Å². The van der Waals surface area contributed by atoms with E-state index in [1.54, 1.807) is 0 Å². The van der Waals surface area contributed by atoms with E-state index in [2.05, 4.69) is 187 Å². The van der Waals surface area contributed by atoms with Crippen LogP contribution in [0.15, 0.2) is 192 Å². The molecule has 13 rings (SSSR count). The lowest BCUT2D eigenvalue weighted by Gasteiger charge is -2.27. The third-order valence-corrected chi connectivity index (χ3v) is 13.3. The molecule has 0 N–H and O–H groups in total. The lowest BCUT2D eigenvalue weighted by atomic mass is 9.92. The van der Waals surface area contributed by atoms with Crippen LogP contribution in [0, 0.1) is 0 Å². The summed E-state index contributed by atoms with van der Waals surface area (Å²) in [7, 11) is 0. The smallest absolute Gasteiger partial charge is 0.135 e. The Balaban J connectivity index is 1.11. The van der Waals surface area contributed by atoms with Crippen molar-refractivity contribution in [3.05, 3.63) is 188 Å². The van der Waals surface area contributed by atoms with Crippen LogP contribution in [0.3, 0.4) is 0 Å². The fraction of sp³-hybridized carbons (Fsp3) is 0. The number of hydrogen-bond acceptors (Lipinski definition) is 3. The zero-order chi connectivity index (χ0) is 37.2. The Bertz CT molecular complexity index is 3800. The lowest BCUT2D eigenvalue weighted by molar-refractivity contribution is 0.669. The molecule has 0 aliphatic rings. The van der Waals surface area contributed by atoms with Crippen molar-refractivity contribution in [1.82, 2.24) is 0 Å². The van der Waals surface area contributed by atoms with Crippen LogP contribution in [0.25, 0.3) is 107 Å². The second-order valence-corrected chi connectivity index (χ2v) is 16.3. The number of nitrogens with zero attached hydrogens (tertiary/aromatic N) is 1. The number of thiophene rings is 1. The van der Waals surface area contributed by atoms with E-state index in [0.717, 1.165) is 39.0 Å². The molecule has 13 aromatic rings. The molecule has 2 aromatic heterocycles. The van der Waals surface area contributed by atoms with Gasteiger partial charge in [-0.1, -0.05) is 121 Å². The van der Waals surface area contributed by atoms with Gasteiger partial charge in [0.15, 0.2) is 0 Å².